The average molecular weight is 379 g/mol. The van der Waals surface area contributed by atoms with Crippen molar-refractivity contribution in [3.05, 3.63) is 62.8 Å². The third-order valence-electron chi connectivity index (χ3n) is 6.21. The molecule has 0 unspecified atom stereocenters. The Morgan fingerprint density at radius 2 is 2.11 bits per heavy atom. The Kier molecular flexibility index (Phi) is 3.86. The van der Waals surface area contributed by atoms with Gasteiger partial charge in [-0.2, -0.15) is 0 Å². The molecule has 1 aliphatic carbocycles. The lowest BCUT2D eigenvalue weighted by Crippen LogP contribution is -2.30. The molecule has 1 N–H and O–H groups in total. The van der Waals surface area contributed by atoms with Gasteiger partial charge in [0.1, 0.15) is 11.9 Å². The molecule has 3 heterocycles. The number of rotatable bonds is 2. The third-order valence-corrected chi connectivity index (χ3v) is 6.21. The van der Waals surface area contributed by atoms with Crippen LogP contribution in [-0.2, 0) is 16.0 Å². The van der Waals surface area contributed by atoms with E-state index in [1.165, 1.54) is 0 Å². The number of aryl methyl sites for hydroxylation is 1. The number of ether oxygens (including phenoxy) is 1. The van der Waals surface area contributed by atoms with Crippen molar-refractivity contribution in [1.82, 2.24) is 14.9 Å². The molecule has 144 valence electrons. The number of nitrogens with zero attached hydrogens (tertiary/aromatic N) is 2. The first-order valence-corrected chi connectivity index (χ1v) is 9.68. The van der Waals surface area contributed by atoms with Gasteiger partial charge in [-0.25, -0.2) is 9.78 Å². The zero-order valence-corrected chi connectivity index (χ0v) is 15.6. The van der Waals surface area contributed by atoms with Crippen LogP contribution in [0.2, 0.25) is 0 Å². The Bertz CT molecular complexity index is 1040. The molecule has 1 fully saturated rings. The highest BCUT2D eigenvalue weighted by Gasteiger charge is 2.42. The number of nitrogens with one attached hydrogen (secondary N) is 1. The summed E-state index contributed by atoms with van der Waals surface area (Å²) in [5.41, 5.74) is 2.89. The van der Waals surface area contributed by atoms with Crippen LogP contribution < -0.4 is 5.56 Å². The highest BCUT2D eigenvalue weighted by Crippen LogP contribution is 2.40. The van der Waals surface area contributed by atoms with E-state index >= 15 is 0 Å². The second kappa shape index (κ2) is 6.29. The molecule has 2 aromatic rings. The van der Waals surface area contributed by atoms with E-state index in [0.29, 0.717) is 36.8 Å². The summed E-state index contributed by atoms with van der Waals surface area (Å²) < 4.78 is 5.42. The van der Waals surface area contributed by atoms with Crippen LogP contribution in [-0.4, -0.2) is 39.8 Å². The number of cyclic esters (lactones) is 1. The number of carbonyl (C=O) groups is 2. The Morgan fingerprint density at radius 1 is 1.29 bits per heavy atom. The van der Waals surface area contributed by atoms with Crippen LogP contribution in [0, 0.1) is 12.8 Å². The van der Waals surface area contributed by atoms with E-state index in [-0.39, 0.29) is 29.8 Å². The lowest BCUT2D eigenvalue weighted by atomic mass is 9.80. The predicted octanol–water partition coefficient (Wildman–Crippen LogP) is 1.87. The fourth-order valence-electron chi connectivity index (χ4n) is 4.85. The molecule has 7 nitrogen and oxygen atoms in total. The Balaban J connectivity index is 1.35. The molecule has 5 rings (SSSR count). The fourth-order valence-corrected chi connectivity index (χ4v) is 4.85. The van der Waals surface area contributed by atoms with Crippen molar-refractivity contribution in [2.24, 2.45) is 5.92 Å². The first-order chi connectivity index (χ1) is 13.5. The number of hydrogen-bond donors (Lipinski definition) is 1. The maximum absolute atomic E-state index is 13.0. The van der Waals surface area contributed by atoms with E-state index in [9.17, 15) is 14.4 Å². The average Bonchev–Trinajstić information content (AvgIpc) is 3.24. The first kappa shape index (κ1) is 17.2. The number of esters is 1. The van der Waals surface area contributed by atoms with Gasteiger partial charge in [0.15, 0.2) is 0 Å². The van der Waals surface area contributed by atoms with Gasteiger partial charge in [-0.15, -0.1) is 0 Å². The zero-order chi connectivity index (χ0) is 19.4. The summed E-state index contributed by atoms with van der Waals surface area (Å²) >= 11 is 0. The van der Waals surface area contributed by atoms with Gasteiger partial charge >= 0.3 is 5.97 Å². The van der Waals surface area contributed by atoms with E-state index in [4.69, 9.17) is 4.74 Å². The van der Waals surface area contributed by atoms with Crippen molar-refractivity contribution in [1.29, 1.82) is 0 Å². The SMILES string of the molecule is Cc1nc2c(c(=O)[nH]1)CC[C@@H]1CN(C(=O)C[C@H]3OC(=O)c4ccccc43)C[C@H]21. The molecular formula is C21H21N3O4. The normalized spacial score (nSPS) is 25.1. The Morgan fingerprint density at radius 3 is 2.96 bits per heavy atom. The molecule has 1 saturated heterocycles. The number of aromatic amines is 1. The smallest absolute Gasteiger partial charge is 0.339 e. The van der Waals surface area contributed by atoms with Gasteiger partial charge in [0.25, 0.3) is 5.56 Å². The number of fused-ring (bicyclic) bond motifs is 4. The number of carbonyl (C=O) groups excluding carboxylic acids is 2. The highest BCUT2D eigenvalue weighted by molar-refractivity contribution is 5.94. The minimum atomic E-state index is -0.519. The Hall–Kier alpha value is -2.96. The number of H-pyrrole nitrogens is 1. The van der Waals surface area contributed by atoms with E-state index < -0.39 is 6.10 Å². The fraction of sp³-hybridized carbons (Fsp3) is 0.429. The maximum Gasteiger partial charge on any atom is 0.339 e. The lowest BCUT2D eigenvalue weighted by molar-refractivity contribution is -0.132. The molecule has 28 heavy (non-hydrogen) atoms. The molecule has 3 aliphatic rings. The van der Waals surface area contributed by atoms with Gasteiger partial charge in [0.05, 0.1) is 17.7 Å². The van der Waals surface area contributed by atoms with E-state index in [0.717, 1.165) is 23.2 Å². The summed E-state index contributed by atoms with van der Waals surface area (Å²) in [5, 5.41) is 0. The molecule has 7 heteroatoms. The first-order valence-electron chi connectivity index (χ1n) is 9.68. The van der Waals surface area contributed by atoms with Gasteiger partial charge in [-0.3, -0.25) is 9.59 Å². The van der Waals surface area contributed by atoms with Crippen LogP contribution >= 0.6 is 0 Å². The van der Waals surface area contributed by atoms with Crippen LogP contribution in [0.5, 0.6) is 0 Å². The third kappa shape index (κ3) is 2.65. The largest absolute Gasteiger partial charge is 0.453 e. The van der Waals surface area contributed by atoms with Crippen molar-refractivity contribution < 1.29 is 14.3 Å². The minimum absolute atomic E-state index is 0.0213. The van der Waals surface area contributed by atoms with Crippen LogP contribution in [0.1, 0.15) is 57.9 Å². The number of likely N-dealkylation sites (tertiary alicyclic amines) is 1. The van der Waals surface area contributed by atoms with Crippen LogP contribution in [0.4, 0.5) is 0 Å². The van der Waals surface area contributed by atoms with Gasteiger partial charge < -0.3 is 14.6 Å². The van der Waals surface area contributed by atoms with Gasteiger partial charge in [0.2, 0.25) is 5.91 Å². The zero-order valence-electron chi connectivity index (χ0n) is 15.6. The molecule has 0 saturated carbocycles. The summed E-state index contributed by atoms with van der Waals surface area (Å²) in [6.07, 6.45) is 1.22. The number of hydrogen-bond acceptors (Lipinski definition) is 5. The minimum Gasteiger partial charge on any atom is -0.453 e. The number of amides is 1. The number of benzene rings is 1. The van der Waals surface area contributed by atoms with Crippen molar-refractivity contribution >= 4 is 11.9 Å². The quantitative estimate of drug-likeness (QED) is 0.804. The topological polar surface area (TPSA) is 92.4 Å². The van der Waals surface area contributed by atoms with Gasteiger partial charge in [-0.1, -0.05) is 18.2 Å². The van der Waals surface area contributed by atoms with Crippen molar-refractivity contribution in [2.45, 2.75) is 38.2 Å². The van der Waals surface area contributed by atoms with Crippen LogP contribution in [0.3, 0.4) is 0 Å². The monoisotopic (exact) mass is 379 g/mol. The standard InChI is InChI=1S/C21H21N3O4/c1-11-22-19-15(20(26)23-11)7-6-12-9-24(10-16(12)19)18(25)8-17-13-4-2-3-5-14(13)21(27)28-17/h2-5,12,16-17H,6-10H2,1H3,(H,22,23,26)/t12-,16+,17-/m1/s1. The molecule has 0 radical (unpaired) electrons. The van der Waals surface area contributed by atoms with Gasteiger partial charge in [0, 0.05) is 30.1 Å². The summed E-state index contributed by atoms with van der Waals surface area (Å²) in [6.45, 7) is 3.02. The molecule has 2 aliphatic heterocycles. The lowest BCUT2D eigenvalue weighted by Gasteiger charge is -2.25. The summed E-state index contributed by atoms with van der Waals surface area (Å²) in [5.74, 6) is 0.655. The molecule has 1 amide bonds. The molecule has 1 aromatic heterocycles. The highest BCUT2D eigenvalue weighted by atomic mass is 16.5. The van der Waals surface area contributed by atoms with Crippen LogP contribution in [0.25, 0.3) is 0 Å². The second-order valence-corrected chi connectivity index (χ2v) is 7.90. The summed E-state index contributed by atoms with van der Waals surface area (Å²) in [7, 11) is 0. The summed E-state index contributed by atoms with van der Waals surface area (Å²) in [6, 6.07) is 7.22. The number of aromatic nitrogens is 2. The van der Waals surface area contributed by atoms with Crippen molar-refractivity contribution in [3.63, 3.8) is 0 Å². The van der Waals surface area contributed by atoms with E-state index in [2.05, 4.69) is 9.97 Å². The molecular weight excluding hydrogens is 358 g/mol. The molecule has 3 atom stereocenters. The van der Waals surface area contributed by atoms with Crippen molar-refractivity contribution in [3.8, 4) is 0 Å². The molecule has 1 aromatic carbocycles. The van der Waals surface area contributed by atoms with Crippen molar-refractivity contribution in [2.75, 3.05) is 13.1 Å². The van der Waals surface area contributed by atoms with Crippen LogP contribution in [0.15, 0.2) is 29.1 Å². The predicted molar refractivity (Wildman–Crippen MR) is 99.9 cm³/mol. The van der Waals surface area contributed by atoms with E-state index in [1.807, 2.05) is 17.0 Å². The summed E-state index contributed by atoms with van der Waals surface area (Å²) in [4.78, 5) is 46.4. The van der Waals surface area contributed by atoms with E-state index in [1.54, 1.807) is 19.1 Å². The maximum atomic E-state index is 13.0. The Labute approximate surface area is 161 Å². The molecule has 0 bridgehead atoms. The van der Waals surface area contributed by atoms with Gasteiger partial charge in [-0.05, 0) is 31.7 Å². The molecule has 0 spiro atoms. The second-order valence-electron chi connectivity index (χ2n) is 7.90.